The SMILES string of the molecule is CC(C)OCCCSCCCCCCCCCCCCC[Si]1(C)CCC1. The molecular weight excluding hydrogens is 352 g/mol. The molecule has 0 atom stereocenters. The molecule has 1 aliphatic heterocycles. The zero-order valence-electron chi connectivity index (χ0n) is 18.3. The van der Waals surface area contributed by atoms with E-state index in [1.165, 1.54) is 82.1 Å². The van der Waals surface area contributed by atoms with Crippen LogP contribution in [0.5, 0.6) is 0 Å². The Morgan fingerprint density at radius 2 is 1.23 bits per heavy atom. The maximum Gasteiger partial charge on any atom is 0.0518 e. The van der Waals surface area contributed by atoms with E-state index in [-0.39, 0.29) is 0 Å². The first kappa shape index (κ1) is 24.6. The lowest BCUT2D eigenvalue weighted by Gasteiger charge is -2.36. The van der Waals surface area contributed by atoms with Crippen molar-refractivity contribution in [1.29, 1.82) is 0 Å². The number of rotatable bonds is 19. The van der Waals surface area contributed by atoms with Gasteiger partial charge in [-0.25, -0.2) is 0 Å². The molecule has 1 heterocycles. The summed E-state index contributed by atoms with van der Waals surface area (Å²) < 4.78 is 5.57. The average Bonchev–Trinajstić information content (AvgIpc) is 2.59. The van der Waals surface area contributed by atoms with Crippen LogP contribution in [0.4, 0.5) is 0 Å². The van der Waals surface area contributed by atoms with E-state index in [1.807, 2.05) is 0 Å². The van der Waals surface area contributed by atoms with Gasteiger partial charge in [0.15, 0.2) is 0 Å². The molecule has 1 fully saturated rings. The van der Waals surface area contributed by atoms with Crippen molar-refractivity contribution in [3.05, 3.63) is 0 Å². The predicted octanol–water partition coefficient (Wildman–Crippen LogP) is 8.31. The van der Waals surface area contributed by atoms with Crippen LogP contribution in [0.15, 0.2) is 0 Å². The fourth-order valence-corrected chi connectivity index (χ4v) is 8.06. The molecule has 1 saturated heterocycles. The molecular formula is C23H48OSSi. The second-order valence-electron chi connectivity index (χ2n) is 9.19. The molecule has 0 N–H and O–H groups in total. The molecule has 0 amide bonds. The summed E-state index contributed by atoms with van der Waals surface area (Å²) in [5.41, 5.74) is 0. The van der Waals surface area contributed by atoms with Crippen LogP contribution < -0.4 is 0 Å². The fraction of sp³-hybridized carbons (Fsp3) is 1.00. The van der Waals surface area contributed by atoms with E-state index in [0.717, 1.165) is 6.61 Å². The molecule has 1 rings (SSSR count). The molecule has 1 nitrogen and oxygen atoms in total. The number of unbranched alkanes of at least 4 members (excludes halogenated alkanes) is 10. The first-order valence-electron chi connectivity index (χ1n) is 11.8. The van der Waals surface area contributed by atoms with Gasteiger partial charge in [0.05, 0.1) is 14.2 Å². The standard InChI is InChI=1S/C23H48OSSi/c1-23(2)24-17-15-19-25-18-13-11-9-7-5-4-6-8-10-12-14-20-26(3)21-16-22-26/h23H,4-22H2,1-3H3. The Morgan fingerprint density at radius 1 is 0.731 bits per heavy atom. The molecule has 156 valence electrons. The third kappa shape index (κ3) is 14.6. The van der Waals surface area contributed by atoms with Gasteiger partial charge in [-0.1, -0.05) is 95.3 Å². The Hall–Kier alpha value is 0.527. The highest BCUT2D eigenvalue weighted by Gasteiger charge is 2.32. The fourth-order valence-electron chi connectivity index (χ4n) is 3.96. The zero-order chi connectivity index (χ0) is 18.9. The summed E-state index contributed by atoms with van der Waals surface area (Å²) in [7, 11) is -0.617. The maximum absolute atomic E-state index is 5.57. The normalized spacial score (nSPS) is 16.2. The minimum Gasteiger partial charge on any atom is -0.379 e. The summed E-state index contributed by atoms with van der Waals surface area (Å²) in [6.07, 6.45) is 19.5. The van der Waals surface area contributed by atoms with Crippen molar-refractivity contribution in [3.63, 3.8) is 0 Å². The third-order valence-corrected chi connectivity index (χ3v) is 11.9. The summed E-state index contributed by atoms with van der Waals surface area (Å²) in [6, 6.07) is 4.91. The van der Waals surface area contributed by atoms with Crippen molar-refractivity contribution in [1.82, 2.24) is 0 Å². The highest BCUT2D eigenvalue weighted by Crippen LogP contribution is 2.36. The Balaban J connectivity index is 1.65. The molecule has 0 spiro atoms. The number of hydrogen-bond acceptors (Lipinski definition) is 2. The molecule has 0 radical (unpaired) electrons. The largest absolute Gasteiger partial charge is 0.379 e. The lowest BCUT2D eigenvalue weighted by Crippen LogP contribution is -2.37. The van der Waals surface area contributed by atoms with Crippen LogP contribution in [0.1, 0.15) is 97.3 Å². The summed E-state index contributed by atoms with van der Waals surface area (Å²) in [5.74, 6) is 2.62. The molecule has 0 saturated carbocycles. The van der Waals surface area contributed by atoms with Gasteiger partial charge in [-0.15, -0.1) is 0 Å². The monoisotopic (exact) mass is 400 g/mol. The minimum absolute atomic E-state index is 0.391. The third-order valence-electron chi connectivity index (χ3n) is 6.01. The van der Waals surface area contributed by atoms with E-state index in [4.69, 9.17) is 4.74 Å². The lowest BCUT2D eigenvalue weighted by atomic mass is 10.1. The molecule has 1 aliphatic rings. The lowest BCUT2D eigenvalue weighted by molar-refractivity contribution is 0.0800. The van der Waals surface area contributed by atoms with Gasteiger partial charge >= 0.3 is 0 Å². The molecule has 0 bridgehead atoms. The maximum atomic E-state index is 5.57. The van der Waals surface area contributed by atoms with Gasteiger partial charge in [-0.3, -0.25) is 0 Å². The Labute approximate surface area is 170 Å². The van der Waals surface area contributed by atoms with Gasteiger partial charge in [0, 0.05) is 6.61 Å². The molecule has 26 heavy (non-hydrogen) atoms. The van der Waals surface area contributed by atoms with Crippen molar-refractivity contribution in [2.75, 3.05) is 18.1 Å². The first-order chi connectivity index (χ1) is 12.6. The van der Waals surface area contributed by atoms with Crippen LogP contribution in [0.2, 0.25) is 24.7 Å². The second-order valence-corrected chi connectivity index (χ2v) is 15.5. The van der Waals surface area contributed by atoms with Crippen molar-refractivity contribution < 1.29 is 4.74 Å². The summed E-state index contributed by atoms with van der Waals surface area (Å²) in [4.78, 5) is 0. The van der Waals surface area contributed by atoms with Gasteiger partial charge in [0.25, 0.3) is 0 Å². The summed E-state index contributed by atoms with van der Waals surface area (Å²) in [5, 5.41) is 0. The first-order valence-corrected chi connectivity index (χ1v) is 16.1. The molecule has 0 unspecified atom stereocenters. The number of ether oxygens (including phenoxy) is 1. The zero-order valence-corrected chi connectivity index (χ0v) is 20.1. The quantitative estimate of drug-likeness (QED) is 0.159. The highest BCUT2D eigenvalue weighted by molar-refractivity contribution is 7.99. The predicted molar refractivity (Wildman–Crippen MR) is 124 cm³/mol. The van der Waals surface area contributed by atoms with Crippen LogP contribution in [-0.4, -0.2) is 32.3 Å². The second kappa shape index (κ2) is 16.5. The molecule has 0 aromatic heterocycles. The van der Waals surface area contributed by atoms with Crippen molar-refractivity contribution >= 4 is 19.8 Å². The van der Waals surface area contributed by atoms with E-state index in [1.54, 1.807) is 31.0 Å². The Bertz CT molecular complexity index is 305. The molecule has 0 aromatic rings. The van der Waals surface area contributed by atoms with Gasteiger partial charge in [-0.05, 0) is 38.2 Å². The van der Waals surface area contributed by atoms with Gasteiger partial charge in [-0.2, -0.15) is 11.8 Å². The topological polar surface area (TPSA) is 9.23 Å². The van der Waals surface area contributed by atoms with Crippen LogP contribution in [-0.2, 0) is 4.74 Å². The van der Waals surface area contributed by atoms with E-state index in [9.17, 15) is 0 Å². The van der Waals surface area contributed by atoms with E-state index < -0.39 is 8.07 Å². The number of thioether (sulfide) groups is 1. The van der Waals surface area contributed by atoms with Gasteiger partial charge in [0.2, 0.25) is 0 Å². The van der Waals surface area contributed by atoms with Crippen molar-refractivity contribution in [2.45, 2.75) is 128 Å². The van der Waals surface area contributed by atoms with Crippen molar-refractivity contribution in [3.8, 4) is 0 Å². The van der Waals surface area contributed by atoms with Crippen LogP contribution in [0.3, 0.4) is 0 Å². The van der Waals surface area contributed by atoms with Crippen molar-refractivity contribution in [2.24, 2.45) is 0 Å². The van der Waals surface area contributed by atoms with Crippen LogP contribution in [0, 0.1) is 0 Å². The smallest absolute Gasteiger partial charge is 0.0518 e. The van der Waals surface area contributed by atoms with Gasteiger partial charge < -0.3 is 4.74 Å². The van der Waals surface area contributed by atoms with E-state index >= 15 is 0 Å². The van der Waals surface area contributed by atoms with E-state index in [0.29, 0.717) is 6.10 Å². The molecule has 0 aromatic carbocycles. The summed E-state index contributed by atoms with van der Waals surface area (Å²) >= 11 is 2.12. The minimum atomic E-state index is -0.617. The average molecular weight is 401 g/mol. The summed E-state index contributed by atoms with van der Waals surface area (Å²) in [6.45, 7) is 7.81. The van der Waals surface area contributed by atoms with Crippen LogP contribution >= 0.6 is 11.8 Å². The Morgan fingerprint density at radius 3 is 1.73 bits per heavy atom. The van der Waals surface area contributed by atoms with E-state index in [2.05, 4.69) is 32.2 Å². The molecule has 3 heteroatoms. The number of hydrogen-bond donors (Lipinski definition) is 0. The van der Waals surface area contributed by atoms with Crippen LogP contribution in [0.25, 0.3) is 0 Å². The van der Waals surface area contributed by atoms with Gasteiger partial charge in [0.1, 0.15) is 0 Å². The Kier molecular flexibility index (Phi) is 15.6. The highest BCUT2D eigenvalue weighted by atomic mass is 32.2. The molecule has 0 aliphatic carbocycles.